The number of carbonyl (C=O) groups excluding carboxylic acids is 1. The third-order valence-electron chi connectivity index (χ3n) is 4.48. The van der Waals surface area contributed by atoms with Crippen molar-refractivity contribution in [3.63, 3.8) is 0 Å². The minimum atomic E-state index is -4.60. The second kappa shape index (κ2) is 7.69. The molecule has 1 saturated heterocycles. The summed E-state index contributed by atoms with van der Waals surface area (Å²) < 4.78 is 79.7. The molecule has 0 aliphatic carbocycles. The Bertz CT molecular complexity index is 886. The first-order valence-electron chi connectivity index (χ1n) is 8.40. The Hall–Kier alpha value is -2.78. The number of hydrogen-bond donors (Lipinski definition) is 1. The van der Waals surface area contributed by atoms with Gasteiger partial charge in [0.2, 0.25) is 5.91 Å². The van der Waals surface area contributed by atoms with Gasteiger partial charge >= 0.3 is 6.18 Å². The molecule has 0 spiro atoms. The molecule has 4 nitrogen and oxygen atoms in total. The summed E-state index contributed by atoms with van der Waals surface area (Å²) in [7, 11) is 0. The molecule has 1 aliphatic rings. The molecule has 28 heavy (non-hydrogen) atoms. The van der Waals surface area contributed by atoms with E-state index in [2.05, 4.69) is 10.3 Å². The molecule has 1 aromatic carbocycles. The lowest BCUT2D eigenvalue weighted by Gasteiger charge is -2.34. The van der Waals surface area contributed by atoms with Crippen molar-refractivity contribution in [1.82, 2.24) is 4.98 Å². The van der Waals surface area contributed by atoms with Gasteiger partial charge in [-0.2, -0.15) is 13.2 Å². The van der Waals surface area contributed by atoms with Gasteiger partial charge in [0.25, 0.3) is 0 Å². The van der Waals surface area contributed by atoms with Crippen molar-refractivity contribution in [1.29, 1.82) is 0 Å². The van der Waals surface area contributed by atoms with E-state index in [4.69, 9.17) is 0 Å². The van der Waals surface area contributed by atoms with Crippen LogP contribution in [0.4, 0.5) is 37.8 Å². The summed E-state index contributed by atoms with van der Waals surface area (Å²) in [6.45, 7) is 0.195. The van der Waals surface area contributed by atoms with Crippen LogP contribution in [-0.4, -0.2) is 24.0 Å². The molecule has 1 aromatic heterocycles. The van der Waals surface area contributed by atoms with E-state index in [0.29, 0.717) is 18.9 Å². The fourth-order valence-electron chi connectivity index (χ4n) is 3.11. The Morgan fingerprint density at radius 1 is 1.14 bits per heavy atom. The average molecular weight is 403 g/mol. The minimum absolute atomic E-state index is 0.0722. The Morgan fingerprint density at radius 2 is 1.89 bits per heavy atom. The Morgan fingerprint density at radius 3 is 2.61 bits per heavy atom. The molecule has 0 radical (unpaired) electrons. The molecule has 1 fully saturated rings. The smallest absolute Gasteiger partial charge is 0.355 e. The molecular weight excluding hydrogens is 388 g/mol. The van der Waals surface area contributed by atoms with E-state index in [1.54, 1.807) is 0 Å². The van der Waals surface area contributed by atoms with E-state index < -0.39 is 46.7 Å². The van der Waals surface area contributed by atoms with Crippen molar-refractivity contribution in [3.8, 4) is 0 Å². The zero-order valence-electron chi connectivity index (χ0n) is 14.4. The van der Waals surface area contributed by atoms with Gasteiger partial charge in [0.15, 0.2) is 17.5 Å². The molecule has 10 heteroatoms. The number of piperidine rings is 1. The van der Waals surface area contributed by atoms with Gasteiger partial charge in [0, 0.05) is 19.3 Å². The van der Waals surface area contributed by atoms with Gasteiger partial charge in [-0.1, -0.05) is 0 Å². The van der Waals surface area contributed by atoms with Crippen molar-refractivity contribution < 1.29 is 31.1 Å². The zero-order chi connectivity index (χ0) is 20.5. The second-order valence-electron chi connectivity index (χ2n) is 6.37. The Kier molecular flexibility index (Phi) is 5.48. The molecule has 1 aliphatic heterocycles. The highest BCUT2D eigenvalue weighted by molar-refractivity contribution is 5.93. The number of aromatic nitrogens is 1. The number of benzene rings is 1. The summed E-state index contributed by atoms with van der Waals surface area (Å²) in [5.74, 6) is -6.40. The molecule has 1 atom stereocenters. The molecule has 3 rings (SSSR count). The quantitative estimate of drug-likeness (QED) is 0.612. The summed E-state index contributed by atoms with van der Waals surface area (Å²) >= 11 is 0. The topological polar surface area (TPSA) is 45.2 Å². The van der Waals surface area contributed by atoms with Gasteiger partial charge < -0.3 is 10.2 Å². The maximum Gasteiger partial charge on any atom is 0.419 e. The van der Waals surface area contributed by atoms with Crippen molar-refractivity contribution in [2.24, 2.45) is 5.92 Å². The van der Waals surface area contributed by atoms with Crippen LogP contribution in [0.1, 0.15) is 18.4 Å². The van der Waals surface area contributed by atoms with Gasteiger partial charge in [-0.25, -0.2) is 18.2 Å². The highest BCUT2D eigenvalue weighted by Gasteiger charge is 2.37. The number of alkyl halides is 3. The molecular formula is C18H15F6N3O. The van der Waals surface area contributed by atoms with Crippen LogP contribution in [0.5, 0.6) is 0 Å². The van der Waals surface area contributed by atoms with Crippen molar-refractivity contribution >= 4 is 17.4 Å². The van der Waals surface area contributed by atoms with Crippen molar-refractivity contribution in [2.45, 2.75) is 19.0 Å². The first-order valence-corrected chi connectivity index (χ1v) is 8.40. The van der Waals surface area contributed by atoms with Crippen LogP contribution in [0.25, 0.3) is 0 Å². The fraction of sp³-hybridized carbons (Fsp3) is 0.333. The van der Waals surface area contributed by atoms with Crippen LogP contribution >= 0.6 is 0 Å². The predicted molar refractivity (Wildman–Crippen MR) is 89.1 cm³/mol. The second-order valence-corrected chi connectivity index (χ2v) is 6.37. The summed E-state index contributed by atoms with van der Waals surface area (Å²) in [4.78, 5) is 17.6. The van der Waals surface area contributed by atoms with Crippen LogP contribution in [0.15, 0.2) is 30.5 Å². The van der Waals surface area contributed by atoms with Gasteiger partial charge in [-0.15, -0.1) is 0 Å². The van der Waals surface area contributed by atoms with Gasteiger partial charge in [0.1, 0.15) is 5.82 Å². The summed E-state index contributed by atoms with van der Waals surface area (Å²) in [6.07, 6.45) is -2.62. The first-order chi connectivity index (χ1) is 13.2. The molecule has 2 heterocycles. The maximum atomic E-state index is 13.7. The van der Waals surface area contributed by atoms with E-state index >= 15 is 0 Å². The number of anilines is 2. The van der Waals surface area contributed by atoms with Crippen LogP contribution in [-0.2, 0) is 11.0 Å². The lowest BCUT2D eigenvalue weighted by Crippen LogP contribution is -2.42. The van der Waals surface area contributed by atoms with E-state index in [1.165, 1.54) is 17.2 Å². The SMILES string of the molecule is O=C(Nc1ccc(F)c(F)c1F)C1CCCN(c2ncccc2C(F)(F)F)C1. The normalized spacial score (nSPS) is 17.5. The molecule has 1 amide bonds. The highest BCUT2D eigenvalue weighted by atomic mass is 19.4. The zero-order valence-corrected chi connectivity index (χ0v) is 14.4. The van der Waals surface area contributed by atoms with E-state index in [1.807, 2.05) is 0 Å². The van der Waals surface area contributed by atoms with Crippen LogP contribution in [0, 0.1) is 23.4 Å². The largest absolute Gasteiger partial charge is 0.419 e. The van der Waals surface area contributed by atoms with Gasteiger partial charge in [0.05, 0.1) is 17.2 Å². The maximum absolute atomic E-state index is 13.7. The number of nitrogens with zero attached hydrogens (tertiary/aromatic N) is 2. The van der Waals surface area contributed by atoms with Crippen molar-refractivity contribution in [2.75, 3.05) is 23.3 Å². The molecule has 2 aromatic rings. The lowest BCUT2D eigenvalue weighted by molar-refractivity contribution is -0.137. The molecule has 1 unspecified atom stereocenters. The van der Waals surface area contributed by atoms with E-state index in [-0.39, 0.29) is 18.9 Å². The summed E-state index contributed by atoms with van der Waals surface area (Å²) in [5.41, 5.74) is -1.45. The lowest BCUT2D eigenvalue weighted by atomic mass is 9.96. The molecule has 0 bridgehead atoms. The number of pyridine rings is 1. The van der Waals surface area contributed by atoms with Crippen LogP contribution in [0.3, 0.4) is 0 Å². The number of rotatable bonds is 3. The number of hydrogen-bond acceptors (Lipinski definition) is 3. The number of carbonyl (C=O) groups is 1. The van der Waals surface area contributed by atoms with Crippen molar-refractivity contribution in [3.05, 3.63) is 53.5 Å². The third-order valence-corrected chi connectivity index (χ3v) is 4.48. The Balaban J connectivity index is 1.77. The molecule has 0 saturated carbocycles. The standard InChI is InChI=1S/C18H15F6N3O/c19-12-5-6-13(15(21)14(12)20)26-17(28)10-3-2-8-27(9-10)16-11(18(22,23)24)4-1-7-25-16/h1,4-7,10H,2-3,8-9H2,(H,26,28). The van der Waals surface area contributed by atoms with E-state index in [9.17, 15) is 31.1 Å². The van der Waals surface area contributed by atoms with Gasteiger partial charge in [-0.3, -0.25) is 4.79 Å². The minimum Gasteiger partial charge on any atom is -0.355 e. The average Bonchev–Trinajstić information content (AvgIpc) is 2.68. The fourth-order valence-corrected chi connectivity index (χ4v) is 3.11. The third kappa shape index (κ3) is 4.05. The Labute approximate surface area is 156 Å². The first kappa shape index (κ1) is 20.0. The van der Waals surface area contributed by atoms with E-state index in [0.717, 1.165) is 12.1 Å². The van der Waals surface area contributed by atoms with Crippen LogP contribution < -0.4 is 10.2 Å². The van der Waals surface area contributed by atoms with Gasteiger partial charge in [-0.05, 0) is 37.1 Å². The predicted octanol–water partition coefficient (Wildman–Crippen LogP) is 4.37. The molecule has 1 N–H and O–H groups in total. The van der Waals surface area contributed by atoms with Crippen LogP contribution in [0.2, 0.25) is 0 Å². The monoisotopic (exact) mass is 403 g/mol. The number of nitrogens with one attached hydrogen (secondary N) is 1. The summed E-state index contributed by atoms with van der Waals surface area (Å²) in [5, 5.41) is 2.17. The summed E-state index contributed by atoms with van der Waals surface area (Å²) in [6, 6.07) is 3.63. The highest BCUT2D eigenvalue weighted by Crippen LogP contribution is 2.36. The molecule has 150 valence electrons. The number of amides is 1. The number of halogens is 6.